The predicted octanol–water partition coefficient (Wildman–Crippen LogP) is 0.457. The molecule has 3 aliphatic rings. The third-order valence-electron chi connectivity index (χ3n) is 5.98. The second-order valence-corrected chi connectivity index (χ2v) is 8.33. The summed E-state index contributed by atoms with van der Waals surface area (Å²) in [5.74, 6) is 1.19. The van der Waals surface area contributed by atoms with Crippen molar-refractivity contribution in [1.82, 2.24) is 25.4 Å². The summed E-state index contributed by atoms with van der Waals surface area (Å²) in [4.78, 5) is 28.9. The molecular formula is C19H29N5O4. The van der Waals surface area contributed by atoms with Crippen molar-refractivity contribution in [3.8, 4) is 0 Å². The molecule has 9 nitrogen and oxygen atoms in total. The number of nitrogens with one attached hydrogen (secondary N) is 1. The molecule has 2 aliphatic heterocycles. The van der Waals surface area contributed by atoms with E-state index >= 15 is 0 Å². The Labute approximate surface area is 164 Å². The lowest BCUT2D eigenvalue weighted by molar-refractivity contribution is -0.149. The maximum Gasteiger partial charge on any atom is 0.275 e. The van der Waals surface area contributed by atoms with E-state index in [9.17, 15) is 9.59 Å². The van der Waals surface area contributed by atoms with Gasteiger partial charge in [-0.1, -0.05) is 5.16 Å². The van der Waals surface area contributed by atoms with E-state index in [1.165, 1.54) is 19.4 Å². The molecule has 0 bridgehead atoms. The second kappa shape index (κ2) is 8.57. The van der Waals surface area contributed by atoms with Gasteiger partial charge in [0.2, 0.25) is 5.91 Å². The van der Waals surface area contributed by atoms with Crippen LogP contribution < -0.4 is 5.32 Å². The number of hydrogen-bond donors (Lipinski definition) is 1. The fourth-order valence-corrected chi connectivity index (χ4v) is 4.04. The number of morpholine rings is 1. The zero-order valence-corrected chi connectivity index (χ0v) is 16.4. The van der Waals surface area contributed by atoms with Crippen molar-refractivity contribution < 1.29 is 19.0 Å². The maximum absolute atomic E-state index is 12.3. The summed E-state index contributed by atoms with van der Waals surface area (Å²) in [5.41, 5.74) is 0.633. The van der Waals surface area contributed by atoms with Gasteiger partial charge in [-0.15, -0.1) is 0 Å². The van der Waals surface area contributed by atoms with Crippen molar-refractivity contribution in [2.75, 3.05) is 45.9 Å². The number of amides is 2. The molecule has 1 aromatic rings. The van der Waals surface area contributed by atoms with E-state index in [4.69, 9.17) is 4.74 Å². The maximum atomic E-state index is 12.3. The van der Waals surface area contributed by atoms with Crippen LogP contribution >= 0.6 is 0 Å². The standard InChI is InChI=1S/C19H29N5O4/c1-13-18(22-28-21-13)19(26)20-8-16-11-24(17(25)12-27-16)10-15-4-6-23(7-5-15)9-14-2-3-14/h14-16H,2-12H2,1H3,(H,20,26). The monoisotopic (exact) mass is 391 g/mol. The number of aryl methyl sites for hydroxylation is 1. The Morgan fingerprint density at radius 1 is 1.14 bits per heavy atom. The quantitative estimate of drug-likeness (QED) is 0.720. The molecule has 1 unspecified atom stereocenters. The molecule has 1 saturated carbocycles. The molecule has 9 heteroatoms. The van der Waals surface area contributed by atoms with Gasteiger partial charge in [-0.2, -0.15) is 0 Å². The van der Waals surface area contributed by atoms with Crippen molar-refractivity contribution >= 4 is 11.8 Å². The number of piperidine rings is 1. The number of nitrogens with zero attached hydrogens (tertiary/aromatic N) is 4. The highest BCUT2D eigenvalue weighted by Gasteiger charge is 2.31. The summed E-state index contributed by atoms with van der Waals surface area (Å²) < 4.78 is 10.2. The van der Waals surface area contributed by atoms with Crippen LogP contribution in [0.4, 0.5) is 0 Å². The Hall–Kier alpha value is -2.00. The first-order valence-electron chi connectivity index (χ1n) is 10.3. The smallest absolute Gasteiger partial charge is 0.275 e. The van der Waals surface area contributed by atoms with Crippen LogP contribution in [-0.2, 0) is 9.53 Å². The first-order valence-corrected chi connectivity index (χ1v) is 10.3. The minimum Gasteiger partial charge on any atom is -0.365 e. The molecule has 0 spiro atoms. The molecule has 1 aliphatic carbocycles. The third kappa shape index (κ3) is 4.88. The van der Waals surface area contributed by atoms with Crippen molar-refractivity contribution in [2.45, 2.75) is 38.7 Å². The van der Waals surface area contributed by atoms with Gasteiger partial charge in [0.25, 0.3) is 5.91 Å². The van der Waals surface area contributed by atoms with E-state index in [0.717, 1.165) is 38.4 Å². The topological polar surface area (TPSA) is 101 Å². The van der Waals surface area contributed by atoms with Crippen molar-refractivity contribution in [3.63, 3.8) is 0 Å². The molecule has 1 atom stereocenters. The van der Waals surface area contributed by atoms with Crippen LogP contribution in [-0.4, -0.2) is 83.9 Å². The number of likely N-dealkylation sites (tertiary alicyclic amines) is 1. The molecule has 2 saturated heterocycles. The molecule has 0 aromatic carbocycles. The van der Waals surface area contributed by atoms with Gasteiger partial charge >= 0.3 is 0 Å². The minimum absolute atomic E-state index is 0.0412. The molecular weight excluding hydrogens is 362 g/mol. The van der Waals surface area contributed by atoms with E-state index in [-0.39, 0.29) is 30.2 Å². The van der Waals surface area contributed by atoms with Gasteiger partial charge in [-0.25, -0.2) is 4.63 Å². The first kappa shape index (κ1) is 19.3. The summed E-state index contributed by atoms with van der Waals surface area (Å²) in [6.07, 6.45) is 4.88. The highest BCUT2D eigenvalue weighted by molar-refractivity contribution is 5.93. The number of rotatable bonds is 7. The number of hydrogen-bond acceptors (Lipinski definition) is 7. The van der Waals surface area contributed by atoms with E-state index in [2.05, 4.69) is 25.2 Å². The number of carbonyl (C=O) groups excluding carboxylic acids is 2. The zero-order valence-electron chi connectivity index (χ0n) is 16.4. The van der Waals surface area contributed by atoms with Gasteiger partial charge < -0.3 is 19.9 Å². The predicted molar refractivity (Wildman–Crippen MR) is 99.6 cm³/mol. The Morgan fingerprint density at radius 3 is 2.57 bits per heavy atom. The average Bonchev–Trinajstić information content (AvgIpc) is 3.41. The molecule has 1 N–H and O–H groups in total. The molecule has 28 heavy (non-hydrogen) atoms. The summed E-state index contributed by atoms with van der Waals surface area (Å²) in [6, 6.07) is 0. The summed E-state index contributed by atoms with van der Waals surface area (Å²) in [6.45, 7) is 6.91. The normalized spacial score (nSPS) is 24.5. The third-order valence-corrected chi connectivity index (χ3v) is 5.98. The van der Waals surface area contributed by atoms with Gasteiger partial charge in [0, 0.05) is 26.2 Å². The Balaban J connectivity index is 1.21. The van der Waals surface area contributed by atoms with Crippen molar-refractivity contribution in [1.29, 1.82) is 0 Å². The fraction of sp³-hybridized carbons (Fsp3) is 0.789. The van der Waals surface area contributed by atoms with Gasteiger partial charge in [-0.3, -0.25) is 9.59 Å². The minimum atomic E-state index is -0.339. The van der Waals surface area contributed by atoms with Crippen LogP contribution in [0, 0.1) is 18.8 Å². The molecule has 154 valence electrons. The van der Waals surface area contributed by atoms with Crippen molar-refractivity contribution in [3.05, 3.63) is 11.4 Å². The van der Waals surface area contributed by atoms with Crippen LogP contribution in [0.15, 0.2) is 4.63 Å². The van der Waals surface area contributed by atoms with Crippen molar-refractivity contribution in [2.24, 2.45) is 11.8 Å². The SMILES string of the molecule is Cc1nonc1C(=O)NCC1CN(CC2CCN(CC3CC3)CC2)C(=O)CO1. The largest absolute Gasteiger partial charge is 0.365 e. The Morgan fingerprint density at radius 2 is 1.89 bits per heavy atom. The van der Waals surface area contributed by atoms with Crippen LogP contribution in [0.25, 0.3) is 0 Å². The summed E-state index contributed by atoms with van der Waals surface area (Å²) in [7, 11) is 0. The number of carbonyl (C=O) groups is 2. The average molecular weight is 391 g/mol. The van der Waals surface area contributed by atoms with Crippen LogP contribution in [0.3, 0.4) is 0 Å². The number of aromatic nitrogens is 2. The van der Waals surface area contributed by atoms with Gasteiger partial charge in [0.1, 0.15) is 12.3 Å². The summed E-state index contributed by atoms with van der Waals surface area (Å²) in [5, 5.41) is 10.0. The highest BCUT2D eigenvalue weighted by atomic mass is 16.6. The Bertz CT molecular complexity index is 696. The molecule has 3 fully saturated rings. The van der Waals surface area contributed by atoms with Gasteiger partial charge in [0.15, 0.2) is 5.69 Å². The molecule has 0 radical (unpaired) electrons. The van der Waals surface area contributed by atoms with E-state index in [1.807, 2.05) is 4.90 Å². The zero-order chi connectivity index (χ0) is 19.5. The molecule has 2 amide bonds. The van der Waals surface area contributed by atoms with Gasteiger partial charge in [-0.05, 0) is 62.7 Å². The molecule has 4 rings (SSSR count). The Kier molecular flexibility index (Phi) is 5.91. The lowest BCUT2D eigenvalue weighted by Gasteiger charge is -2.38. The first-order chi connectivity index (χ1) is 13.6. The molecule has 3 heterocycles. The fourth-order valence-electron chi connectivity index (χ4n) is 4.04. The molecule has 1 aromatic heterocycles. The van der Waals surface area contributed by atoms with E-state index in [1.54, 1.807) is 6.92 Å². The lowest BCUT2D eigenvalue weighted by atomic mass is 9.95. The number of ether oxygens (including phenoxy) is 1. The van der Waals surface area contributed by atoms with Crippen LogP contribution in [0.1, 0.15) is 41.9 Å². The van der Waals surface area contributed by atoms with E-state index in [0.29, 0.717) is 24.7 Å². The van der Waals surface area contributed by atoms with Gasteiger partial charge in [0.05, 0.1) is 6.10 Å². The van der Waals surface area contributed by atoms with Crippen LogP contribution in [0.2, 0.25) is 0 Å². The second-order valence-electron chi connectivity index (χ2n) is 8.33. The lowest BCUT2D eigenvalue weighted by Crippen LogP contribution is -2.52. The van der Waals surface area contributed by atoms with E-state index < -0.39 is 0 Å². The highest BCUT2D eigenvalue weighted by Crippen LogP contribution is 2.31. The van der Waals surface area contributed by atoms with Crippen LogP contribution in [0.5, 0.6) is 0 Å². The summed E-state index contributed by atoms with van der Waals surface area (Å²) >= 11 is 0.